The van der Waals surface area contributed by atoms with Crippen molar-refractivity contribution in [3.8, 4) is 0 Å². The molecule has 1 aliphatic heterocycles. The van der Waals surface area contributed by atoms with Crippen molar-refractivity contribution in [2.24, 2.45) is 17.3 Å². The first-order chi connectivity index (χ1) is 5.00. The van der Waals surface area contributed by atoms with Crippen LogP contribution in [0.1, 0.15) is 27.2 Å². The van der Waals surface area contributed by atoms with E-state index in [0.717, 1.165) is 18.4 Å². The Hall–Kier alpha value is 0.0249. The van der Waals surface area contributed by atoms with E-state index in [-0.39, 0.29) is 0 Å². The third-order valence-corrected chi connectivity index (χ3v) is 3.07. The number of hydrogen-bond donors (Lipinski definition) is 0. The topological polar surface area (TPSA) is 3.24 Å². The lowest BCUT2D eigenvalue weighted by molar-refractivity contribution is 0.192. The largest absolute Gasteiger partial charge is 0.350 e. The van der Waals surface area contributed by atoms with Crippen LogP contribution >= 0.6 is 0 Å². The monoisotopic (exact) mass is 149 g/mol. The van der Waals surface area contributed by atoms with E-state index in [0.29, 0.717) is 11.5 Å². The van der Waals surface area contributed by atoms with Gasteiger partial charge >= 0.3 is 0 Å². The van der Waals surface area contributed by atoms with Gasteiger partial charge in [0.15, 0.2) is 7.98 Å². The standard InChI is InChI=1S/C9H16BN/c1-9(2,3)8-7-4-6(7)5-11(8)10/h6-8H,4-5H2,1-3H3. The van der Waals surface area contributed by atoms with E-state index in [1.807, 2.05) is 0 Å². The van der Waals surface area contributed by atoms with Crippen LogP contribution < -0.4 is 0 Å². The summed E-state index contributed by atoms with van der Waals surface area (Å²) in [5.74, 6) is 1.85. The van der Waals surface area contributed by atoms with Gasteiger partial charge in [-0.25, -0.2) is 0 Å². The fraction of sp³-hybridized carbons (Fsp3) is 1.00. The van der Waals surface area contributed by atoms with E-state index in [1.54, 1.807) is 0 Å². The first kappa shape index (κ1) is 7.66. The molecule has 0 aromatic carbocycles. The van der Waals surface area contributed by atoms with E-state index in [2.05, 4.69) is 25.6 Å². The molecule has 0 aromatic heterocycles. The summed E-state index contributed by atoms with van der Waals surface area (Å²) in [6.45, 7) is 8.00. The predicted octanol–water partition coefficient (Wildman–Crippen LogP) is 1.44. The van der Waals surface area contributed by atoms with E-state index in [9.17, 15) is 0 Å². The average Bonchev–Trinajstić information content (AvgIpc) is 2.38. The van der Waals surface area contributed by atoms with Crippen molar-refractivity contribution in [2.45, 2.75) is 33.2 Å². The molecule has 2 rings (SSSR count). The lowest BCUT2D eigenvalue weighted by Gasteiger charge is -2.35. The molecule has 0 bridgehead atoms. The zero-order chi connectivity index (χ0) is 8.22. The molecule has 0 spiro atoms. The van der Waals surface area contributed by atoms with E-state index in [1.165, 1.54) is 6.42 Å². The molecule has 1 nitrogen and oxygen atoms in total. The van der Waals surface area contributed by atoms with Crippen molar-refractivity contribution in [1.82, 2.24) is 4.81 Å². The van der Waals surface area contributed by atoms with Gasteiger partial charge in [-0.2, -0.15) is 0 Å². The van der Waals surface area contributed by atoms with Crippen molar-refractivity contribution in [2.75, 3.05) is 6.54 Å². The minimum atomic E-state index is 0.366. The molecule has 1 heterocycles. The molecular weight excluding hydrogens is 133 g/mol. The maximum absolute atomic E-state index is 5.92. The summed E-state index contributed by atoms with van der Waals surface area (Å²) in [6.07, 6.45) is 1.43. The Morgan fingerprint density at radius 1 is 1.36 bits per heavy atom. The second kappa shape index (κ2) is 2.04. The Balaban J connectivity index is 2.12. The average molecular weight is 149 g/mol. The maximum atomic E-state index is 5.92. The number of rotatable bonds is 0. The predicted molar refractivity (Wildman–Crippen MR) is 47.3 cm³/mol. The van der Waals surface area contributed by atoms with Crippen LogP contribution in [-0.4, -0.2) is 25.4 Å². The molecule has 2 aliphatic rings. The highest BCUT2D eigenvalue weighted by atomic mass is 15.1. The van der Waals surface area contributed by atoms with Gasteiger partial charge in [0.1, 0.15) is 0 Å². The molecule has 3 unspecified atom stereocenters. The molecule has 1 saturated carbocycles. The van der Waals surface area contributed by atoms with Crippen LogP contribution in [0.25, 0.3) is 0 Å². The van der Waals surface area contributed by atoms with Gasteiger partial charge in [0, 0.05) is 6.04 Å². The first-order valence-electron chi connectivity index (χ1n) is 4.51. The van der Waals surface area contributed by atoms with Crippen LogP contribution in [0.3, 0.4) is 0 Å². The third kappa shape index (κ3) is 1.12. The highest BCUT2D eigenvalue weighted by Crippen LogP contribution is 2.53. The van der Waals surface area contributed by atoms with Crippen molar-refractivity contribution < 1.29 is 0 Å². The molecule has 0 amide bonds. The van der Waals surface area contributed by atoms with Crippen LogP contribution in [0.4, 0.5) is 0 Å². The lowest BCUT2D eigenvalue weighted by Crippen LogP contribution is -2.40. The van der Waals surface area contributed by atoms with Crippen molar-refractivity contribution in [3.63, 3.8) is 0 Å². The van der Waals surface area contributed by atoms with Gasteiger partial charge in [0.25, 0.3) is 0 Å². The molecule has 60 valence electrons. The number of hydrogen-bond acceptors (Lipinski definition) is 1. The second-order valence-electron chi connectivity index (χ2n) is 5.17. The first-order valence-corrected chi connectivity index (χ1v) is 4.51. The molecule has 2 heteroatoms. The Morgan fingerprint density at radius 3 is 2.27 bits per heavy atom. The fourth-order valence-corrected chi connectivity index (χ4v) is 2.64. The summed E-state index contributed by atoms with van der Waals surface area (Å²) in [6, 6.07) is 0.632. The van der Waals surface area contributed by atoms with E-state index >= 15 is 0 Å². The van der Waals surface area contributed by atoms with Gasteiger partial charge in [-0.05, 0) is 30.2 Å². The molecule has 2 radical (unpaired) electrons. The molecule has 11 heavy (non-hydrogen) atoms. The summed E-state index contributed by atoms with van der Waals surface area (Å²) in [5.41, 5.74) is 0.366. The number of piperidine rings is 1. The van der Waals surface area contributed by atoms with Crippen LogP contribution in [0.2, 0.25) is 0 Å². The normalized spacial score (nSPS) is 44.1. The Bertz CT molecular complexity index is 171. The molecule has 0 aromatic rings. The van der Waals surface area contributed by atoms with E-state index in [4.69, 9.17) is 7.98 Å². The van der Waals surface area contributed by atoms with Crippen molar-refractivity contribution >= 4 is 7.98 Å². The van der Waals surface area contributed by atoms with Crippen LogP contribution in [0.15, 0.2) is 0 Å². The number of nitrogens with zero attached hydrogens (tertiary/aromatic N) is 1. The van der Waals surface area contributed by atoms with Gasteiger partial charge in [-0.1, -0.05) is 20.8 Å². The van der Waals surface area contributed by atoms with Crippen LogP contribution in [0.5, 0.6) is 0 Å². The van der Waals surface area contributed by atoms with Crippen LogP contribution in [-0.2, 0) is 0 Å². The quantitative estimate of drug-likeness (QED) is 0.471. The maximum Gasteiger partial charge on any atom is 0.182 e. The fourth-order valence-electron chi connectivity index (χ4n) is 2.64. The van der Waals surface area contributed by atoms with E-state index < -0.39 is 0 Å². The smallest absolute Gasteiger partial charge is 0.182 e. The SMILES string of the molecule is [B]N1CC2CC2C1C(C)(C)C. The summed E-state index contributed by atoms with van der Waals surface area (Å²) in [4.78, 5) is 2.05. The Kier molecular flexibility index (Phi) is 1.42. The zero-order valence-corrected chi connectivity index (χ0v) is 7.67. The second-order valence-corrected chi connectivity index (χ2v) is 5.17. The molecule has 0 N–H and O–H groups in total. The Labute approximate surface area is 70.6 Å². The third-order valence-electron chi connectivity index (χ3n) is 3.07. The summed E-state index contributed by atoms with van der Waals surface area (Å²) in [7, 11) is 5.92. The molecule has 1 aliphatic carbocycles. The minimum absolute atomic E-state index is 0.366. The minimum Gasteiger partial charge on any atom is -0.350 e. The highest BCUT2D eigenvalue weighted by molar-refractivity contribution is 6.05. The number of fused-ring (bicyclic) bond motifs is 1. The summed E-state index contributed by atoms with van der Waals surface area (Å²) < 4.78 is 0. The lowest BCUT2D eigenvalue weighted by atomic mass is 9.82. The van der Waals surface area contributed by atoms with Gasteiger partial charge in [-0.15, -0.1) is 0 Å². The van der Waals surface area contributed by atoms with Gasteiger partial charge in [0.2, 0.25) is 0 Å². The van der Waals surface area contributed by atoms with Gasteiger partial charge < -0.3 is 4.81 Å². The molecule has 2 fully saturated rings. The highest BCUT2D eigenvalue weighted by Gasteiger charge is 2.54. The Morgan fingerprint density at radius 2 is 2.00 bits per heavy atom. The summed E-state index contributed by atoms with van der Waals surface area (Å²) >= 11 is 0. The molecule has 3 atom stereocenters. The molecular formula is C9H16BN. The van der Waals surface area contributed by atoms with Crippen molar-refractivity contribution in [3.05, 3.63) is 0 Å². The van der Waals surface area contributed by atoms with Crippen molar-refractivity contribution in [1.29, 1.82) is 0 Å². The zero-order valence-electron chi connectivity index (χ0n) is 7.67. The molecule has 1 saturated heterocycles. The van der Waals surface area contributed by atoms with Crippen LogP contribution in [0, 0.1) is 17.3 Å². The van der Waals surface area contributed by atoms with Gasteiger partial charge in [0.05, 0.1) is 0 Å². The summed E-state index contributed by atoms with van der Waals surface area (Å²) in [5, 5.41) is 0. The van der Waals surface area contributed by atoms with Gasteiger partial charge in [-0.3, -0.25) is 0 Å².